The Hall–Kier alpha value is -0.840. The zero-order valence-corrected chi connectivity index (χ0v) is 7.42. The molecule has 60 valence electrons. The number of oxazole rings is 1. The fourth-order valence-electron chi connectivity index (χ4n) is 0.551. The number of nitrogens with zero attached hydrogens (tertiary/aromatic N) is 1. The SMILES string of the molecule is COC(=O)c1ncc(CBr)o1. The van der Waals surface area contributed by atoms with E-state index >= 15 is 0 Å². The Balaban J connectivity index is 2.80. The van der Waals surface area contributed by atoms with Crippen molar-refractivity contribution >= 4 is 21.9 Å². The summed E-state index contributed by atoms with van der Waals surface area (Å²) in [4.78, 5) is 14.4. The number of esters is 1. The molecule has 1 aromatic rings. The first-order chi connectivity index (χ1) is 5.27. The third kappa shape index (κ3) is 1.80. The molecule has 0 bridgehead atoms. The Bertz CT molecular complexity index is 258. The summed E-state index contributed by atoms with van der Waals surface area (Å²) in [5.74, 6) is 0.0320. The lowest BCUT2D eigenvalue weighted by atomic mass is 10.6. The summed E-state index contributed by atoms with van der Waals surface area (Å²) in [6, 6.07) is 0. The molecule has 0 aliphatic carbocycles. The van der Waals surface area contributed by atoms with E-state index in [2.05, 4.69) is 25.7 Å². The van der Waals surface area contributed by atoms with Gasteiger partial charge in [-0.15, -0.1) is 0 Å². The second-order valence-corrected chi connectivity index (χ2v) is 2.32. The van der Waals surface area contributed by atoms with Gasteiger partial charge in [0, 0.05) is 0 Å². The highest BCUT2D eigenvalue weighted by Crippen LogP contribution is 2.07. The first kappa shape index (κ1) is 8.26. The number of hydrogen-bond donors (Lipinski definition) is 0. The molecule has 4 nitrogen and oxygen atoms in total. The molecule has 0 unspecified atom stereocenters. The Labute approximate surface area is 71.7 Å². The zero-order chi connectivity index (χ0) is 8.27. The molecular weight excluding hydrogens is 214 g/mol. The Morgan fingerprint density at radius 1 is 1.91 bits per heavy atom. The minimum Gasteiger partial charge on any atom is -0.462 e. The number of ether oxygens (including phenoxy) is 1. The molecular formula is C6H6BrNO3. The molecule has 0 N–H and O–H groups in total. The molecule has 0 radical (unpaired) electrons. The van der Waals surface area contributed by atoms with Crippen LogP contribution >= 0.6 is 15.9 Å². The average molecular weight is 220 g/mol. The number of halogens is 1. The summed E-state index contributed by atoms with van der Waals surface area (Å²) in [5, 5.41) is 0.539. The second-order valence-electron chi connectivity index (χ2n) is 1.76. The molecule has 0 aliphatic heterocycles. The number of hydrogen-bond acceptors (Lipinski definition) is 4. The topological polar surface area (TPSA) is 52.3 Å². The maximum atomic E-state index is 10.7. The van der Waals surface area contributed by atoms with E-state index in [1.54, 1.807) is 0 Å². The van der Waals surface area contributed by atoms with Gasteiger partial charge in [-0.2, -0.15) is 0 Å². The van der Waals surface area contributed by atoms with Crippen molar-refractivity contribution in [3.05, 3.63) is 17.8 Å². The van der Waals surface area contributed by atoms with Crippen LogP contribution in [-0.4, -0.2) is 18.1 Å². The molecule has 0 spiro atoms. The van der Waals surface area contributed by atoms with Gasteiger partial charge in [-0.05, 0) is 0 Å². The van der Waals surface area contributed by atoms with Gasteiger partial charge in [-0.1, -0.05) is 15.9 Å². The number of carbonyl (C=O) groups excluding carboxylic acids is 1. The van der Waals surface area contributed by atoms with Crippen molar-refractivity contribution in [2.45, 2.75) is 5.33 Å². The highest BCUT2D eigenvalue weighted by molar-refractivity contribution is 9.08. The minimum atomic E-state index is -0.558. The van der Waals surface area contributed by atoms with Crippen LogP contribution in [-0.2, 0) is 10.1 Å². The van der Waals surface area contributed by atoms with Crippen LogP contribution in [0, 0.1) is 0 Å². The summed E-state index contributed by atoms with van der Waals surface area (Å²) < 4.78 is 9.34. The van der Waals surface area contributed by atoms with E-state index < -0.39 is 5.97 Å². The second kappa shape index (κ2) is 3.52. The molecule has 5 heteroatoms. The van der Waals surface area contributed by atoms with Gasteiger partial charge in [0.15, 0.2) is 0 Å². The van der Waals surface area contributed by atoms with Crippen LogP contribution in [0.4, 0.5) is 0 Å². The molecule has 1 aromatic heterocycles. The van der Waals surface area contributed by atoms with Gasteiger partial charge in [0.1, 0.15) is 5.76 Å². The number of alkyl halides is 1. The van der Waals surface area contributed by atoms with Crippen LogP contribution in [0.2, 0.25) is 0 Å². The lowest BCUT2D eigenvalue weighted by Crippen LogP contribution is -2.00. The van der Waals surface area contributed by atoms with Crippen molar-refractivity contribution in [2.24, 2.45) is 0 Å². The first-order valence-corrected chi connectivity index (χ1v) is 3.99. The maximum Gasteiger partial charge on any atom is 0.394 e. The molecule has 0 fully saturated rings. The number of rotatable bonds is 2. The lowest BCUT2D eigenvalue weighted by Gasteiger charge is -1.89. The normalized spacial score (nSPS) is 9.64. The van der Waals surface area contributed by atoms with Crippen LogP contribution in [0.25, 0.3) is 0 Å². The van der Waals surface area contributed by atoms with Gasteiger partial charge in [-0.3, -0.25) is 0 Å². The van der Waals surface area contributed by atoms with Crippen LogP contribution < -0.4 is 0 Å². The Morgan fingerprint density at radius 3 is 3.09 bits per heavy atom. The van der Waals surface area contributed by atoms with Gasteiger partial charge < -0.3 is 9.15 Å². The Kier molecular flexibility index (Phi) is 2.64. The van der Waals surface area contributed by atoms with E-state index in [9.17, 15) is 4.79 Å². The van der Waals surface area contributed by atoms with E-state index in [0.29, 0.717) is 11.1 Å². The third-order valence-corrected chi connectivity index (χ3v) is 1.60. The van der Waals surface area contributed by atoms with Crippen LogP contribution in [0.3, 0.4) is 0 Å². The largest absolute Gasteiger partial charge is 0.462 e. The molecule has 0 aliphatic rings. The third-order valence-electron chi connectivity index (χ3n) is 1.05. The monoisotopic (exact) mass is 219 g/mol. The van der Waals surface area contributed by atoms with E-state index in [1.807, 2.05) is 0 Å². The molecule has 11 heavy (non-hydrogen) atoms. The number of carbonyl (C=O) groups is 1. The van der Waals surface area contributed by atoms with Gasteiger partial charge in [0.25, 0.3) is 0 Å². The van der Waals surface area contributed by atoms with E-state index in [0.717, 1.165) is 0 Å². The van der Waals surface area contributed by atoms with Crippen LogP contribution in [0.5, 0.6) is 0 Å². The Morgan fingerprint density at radius 2 is 2.64 bits per heavy atom. The number of methoxy groups -OCH3 is 1. The summed E-state index contributed by atoms with van der Waals surface area (Å²) >= 11 is 3.16. The molecule has 0 saturated heterocycles. The quantitative estimate of drug-likeness (QED) is 0.557. The minimum absolute atomic E-state index is 0.0121. The molecule has 1 heterocycles. The lowest BCUT2D eigenvalue weighted by molar-refractivity contribution is 0.0554. The standard InChI is InChI=1S/C6H6BrNO3/c1-10-6(9)5-8-3-4(2-7)11-5/h3H,2H2,1H3. The first-order valence-electron chi connectivity index (χ1n) is 2.87. The molecule has 0 saturated carbocycles. The highest BCUT2D eigenvalue weighted by atomic mass is 79.9. The average Bonchev–Trinajstić information content (AvgIpc) is 2.50. The summed E-state index contributed by atoms with van der Waals surface area (Å²) in [6.07, 6.45) is 1.47. The highest BCUT2D eigenvalue weighted by Gasteiger charge is 2.11. The summed E-state index contributed by atoms with van der Waals surface area (Å²) in [5.41, 5.74) is 0. The maximum absolute atomic E-state index is 10.7. The molecule has 0 atom stereocenters. The summed E-state index contributed by atoms with van der Waals surface area (Å²) in [6.45, 7) is 0. The van der Waals surface area contributed by atoms with E-state index in [-0.39, 0.29) is 5.89 Å². The molecule has 0 aromatic carbocycles. The smallest absolute Gasteiger partial charge is 0.394 e. The molecule has 1 rings (SSSR count). The van der Waals surface area contributed by atoms with Crippen molar-refractivity contribution in [3.63, 3.8) is 0 Å². The molecule has 0 amide bonds. The van der Waals surface area contributed by atoms with Crippen LogP contribution in [0.1, 0.15) is 16.4 Å². The van der Waals surface area contributed by atoms with Crippen LogP contribution in [0.15, 0.2) is 10.6 Å². The van der Waals surface area contributed by atoms with Crippen molar-refractivity contribution in [3.8, 4) is 0 Å². The van der Waals surface area contributed by atoms with Gasteiger partial charge in [0.2, 0.25) is 0 Å². The zero-order valence-electron chi connectivity index (χ0n) is 5.83. The van der Waals surface area contributed by atoms with Crippen molar-refractivity contribution in [2.75, 3.05) is 7.11 Å². The van der Waals surface area contributed by atoms with Gasteiger partial charge >= 0.3 is 11.9 Å². The van der Waals surface area contributed by atoms with Crippen molar-refractivity contribution in [1.29, 1.82) is 0 Å². The fourth-order valence-corrected chi connectivity index (χ4v) is 0.810. The predicted molar refractivity (Wildman–Crippen MR) is 40.5 cm³/mol. The van der Waals surface area contributed by atoms with Gasteiger partial charge in [0.05, 0.1) is 18.6 Å². The number of aromatic nitrogens is 1. The van der Waals surface area contributed by atoms with Crippen molar-refractivity contribution < 1.29 is 13.9 Å². The van der Waals surface area contributed by atoms with Crippen molar-refractivity contribution in [1.82, 2.24) is 4.98 Å². The van der Waals surface area contributed by atoms with E-state index in [1.165, 1.54) is 13.3 Å². The van der Waals surface area contributed by atoms with Gasteiger partial charge in [-0.25, -0.2) is 9.78 Å². The van der Waals surface area contributed by atoms with E-state index in [4.69, 9.17) is 4.42 Å². The fraction of sp³-hybridized carbons (Fsp3) is 0.333. The summed E-state index contributed by atoms with van der Waals surface area (Å²) in [7, 11) is 1.28. The predicted octanol–water partition coefficient (Wildman–Crippen LogP) is 1.36.